The van der Waals surface area contributed by atoms with Crippen LogP contribution in [0.2, 0.25) is 0 Å². The summed E-state index contributed by atoms with van der Waals surface area (Å²) in [4.78, 5) is 12.5. The molecule has 0 aliphatic heterocycles. The largest absolute Gasteiger partial charge is 0.384 e. The number of amidine groups is 1. The van der Waals surface area contributed by atoms with Crippen molar-refractivity contribution in [2.75, 3.05) is 18.4 Å². The number of nitrogens with zero attached hydrogens (tertiary/aromatic N) is 3. The first-order chi connectivity index (χ1) is 10.2. The quantitative estimate of drug-likeness (QED) is 0.485. The molecule has 0 fully saturated rings. The predicted octanol–water partition coefficient (Wildman–Crippen LogP) is 2.42. The van der Waals surface area contributed by atoms with Crippen molar-refractivity contribution in [1.82, 2.24) is 9.97 Å². The fourth-order valence-corrected chi connectivity index (χ4v) is 1.86. The SMILES string of the molecule is CC(C)c1ccc(C(N)=NCCNc2ncccn2)cc1. The number of aromatic nitrogens is 2. The van der Waals surface area contributed by atoms with Gasteiger partial charge in [0.25, 0.3) is 0 Å². The highest BCUT2D eigenvalue weighted by atomic mass is 15.1. The third kappa shape index (κ3) is 4.56. The minimum Gasteiger partial charge on any atom is -0.384 e. The molecule has 21 heavy (non-hydrogen) atoms. The lowest BCUT2D eigenvalue weighted by Gasteiger charge is -2.07. The topological polar surface area (TPSA) is 76.2 Å². The number of anilines is 1. The summed E-state index contributed by atoms with van der Waals surface area (Å²) < 4.78 is 0. The molecular formula is C16H21N5. The Morgan fingerprint density at radius 3 is 2.48 bits per heavy atom. The number of hydrogen-bond donors (Lipinski definition) is 2. The first-order valence-electron chi connectivity index (χ1n) is 7.08. The molecule has 0 bridgehead atoms. The van der Waals surface area contributed by atoms with Gasteiger partial charge in [-0.1, -0.05) is 38.1 Å². The lowest BCUT2D eigenvalue weighted by molar-refractivity contribution is 0.866. The molecule has 2 rings (SSSR count). The van der Waals surface area contributed by atoms with Gasteiger partial charge in [0.1, 0.15) is 5.84 Å². The van der Waals surface area contributed by atoms with E-state index in [9.17, 15) is 0 Å². The molecule has 5 nitrogen and oxygen atoms in total. The van der Waals surface area contributed by atoms with E-state index in [-0.39, 0.29) is 0 Å². The Bertz CT molecular complexity index is 575. The van der Waals surface area contributed by atoms with E-state index in [1.165, 1.54) is 5.56 Å². The van der Waals surface area contributed by atoms with Crippen LogP contribution in [-0.4, -0.2) is 28.9 Å². The van der Waals surface area contributed by atoms with Gasteiger partial charge in [-0.3, -0.25) is 4.99 Å². The minimum absolute atomic E-state index is 0.521. The molecule has 0 spiro atoms. The average Bonchev–Trinajstić information content (AvgIpc) is 2.52. The van der Waals surface area contributed by atoms with E-state index >= 15 is 0 Å². The van der Waals surface area contributed by atoms with Crippen molar-refractivity contribution in [3.63, 3.8) is 0 Å². The van der Waals surface area contributed by atoms with Gasteiger partial charge in [0, 0.05) is 24.5 Å². The molecule has 0 saturated carbocycles. The van der Waals surface area contributed by atoms with Crippen LogP contribution in [0.4, 0.5) is 5.95 Å². The van der Waals surface area contributed by atoms with Crippen molar-refractivity contribution in [2.24, 2.45) is 10.7 Å². The van der Waals surface area contributed by atoms with Crippen LogP contribution in [0.3, 0.4) is 0 Å². The normalized spacial score (nSPS) is 11.7. The number of nitrogens with two attached hydrogens (primary N) is 1. The Labute approximate surface area is 125 Å². The van der Waals surface area contributed by atoms with E-state index in [4.69, 9.17) is 5.73 Å². The standard InChI is InChI=1S/C16H21N5/c1-12(2)13-4-6-14(7-5-13)15(17)18-10-11-21-16-19-8-3-9-20-16/h3-9,12H,10-11H2,1-2H3,(H2,17,18)(H,19,20,21). The highest BCUT2D eigenvalue weighted by Crippen LogP contribution is 2.14. The molecule has 1 aromatic carbocycles. The first-order valence-corrected chi connectivity index (χ1v) is 7.08. The van der Waals surface area contributed by atoms with Gasteiger partial charge in [0.2, 0.25) is 5.95 Å². The van der Waals surface area contributed by atoms with Crippen LogP contribution in [0.5, 0.6) is 0 Å². The molecule has 0 saturated heterocycles. The van der Waals surface area contributed by atoms with Gasteiger partial charge in [-0.15, -0.1) is 0 Å². The lowest BCUT2D eigenvalue weighted by atomic mass is 10.0. The number of nitrogens with one attached hydrogen (secondary N) is 1. The van der Waals surface area contributed by atoms with Crippen LogP contribution < -0.4 is 11.1 Å². The van der Waals surface area contributed by atoms with Gasteiger partial charge in [-0.2, -0.15) is 0 Å². The summed E-state index contributed by atoms with van der Waals surface area (Å²) in [6.45, 7) is 5.57. The third-order valence-corrected chi connectivity index (χ3v) is 3.12. The van der Waals surface area contributed by atoms with Crippen molar-refractivity contribution < 1.29 is 0 Å². The number of hydrogen-bond acceptors (Lipinski definition) is 4. The zero-order valence-corrected chi connectivity index (χ0v) is 12.5. The fraction of sp³-hybridized carbons (Fsp3) is 0.312. The van der Waals surface area contributed by atoms with Crippen molar-refractivity contribution in [2.45, 2.75) is 19.8 Å². The molecule has 0 amide bonds. The highest BCUT2D eigenvalue weighted by Gasteiger charge is 2.01. The van der Waals surface area contributed by atoms with Crippen LogP contribution >= 0.6 is 0 Å². The molecular weight excluding hydrogens is 262 g/mol. The Kier molecular flexibility index (Phi) is 5.26. The summed E-state index contributed by atoms with van der Waals surface area (Å²) in [5, 5.41) is 3.09. The molecule has 1 aromatic heterocycles. The van der Waals surface area contributed by atoms with Gasteiger partial charge in [-0.25, -0.2) is 9.97 Å². The maximum absolute atomic E-state index is 5.99. The smallest absolute Gasteiger partial charge is 0.222 e. The maximum atomic E-state index is 5.99. The Hall–Kier alpha value is -2.43. The van der Waals surface area contributed by atoms with Crippen molar-refractivity contribution >= 4 is 11.8 Å². The lowest BCUT2D eigenvalue weighted by Crippen LogP contribution is -2.16. The van der Waals surface area contributed by atoms with Crippen LogP contribution in [0, 0.1) is 0 Å². The van der Waals surface area contributed by atoms with Crippen LogP contribution in [-0.2, 0) is 0 Å². The monoisotopic (exact) mass is 283 g/mol. The highest BCUT2D eigenvalue weighted by molar-refractivity contribution is 5.97. The summed E-state index contributed by atoms with van der Waals surface area (Å²) >= 11 is 0. The van der Waals surface area contributed by atoms with E-state index in [0.717, 1.165) is 5.56 Å². The van der Waals surface area contributed by atoms with Crippen LogP contribution in [0.1, 0.15) is 30.9 Å². The van der Waals surface area contributed by atoms with Crippen LogP contribution in [0.25, 0.3) is 0 Å². The van der Waals surface area contributed by atoms with Gasteiger partial charge >= 0.3 is 0 Å². The first kappa shape index (κ1) is 15.0. The molecule has 0 radical (unpaired) electrons. The molecule has 1 heterocycles. The molecule has 5 heteroatoms. The molecule has 0 atom stereocenters. The summed E-state index contributed by atoms with van der Waals surface area (Å²) in [7, 11) is 0. The van der Waals surface area contributed by atoms with E-state index in [1.54, 1.807) is 18.5 Å². The van der Waals surface area contributed by atoms with E-state index in [2.05, 4.69) is 46.3 Å². The zero-order valence-electron chi connectivity index (χ0n) is 12.5. The van der Waals surface area contributed by atoms with Gasteiger partial charge in [0.05, 0.1) is 6.54 Å². The van der Waals surface area contributed by atoms with Gasteiger partial charge < -0.3 is 11.1 Å². The second-order valence-electron chi connectivity index (χ2n) is 5.04. The second-order valence-corrected chi connectivity index (χ2v) is 5.04. The third-order valence-electron chi connectivity index (χ3n) is 3.12. The minimum atomic E-state index is 0.521. The summed E-state index contributed by atoms with van der Waals surface area (Å²) in [5.74, 6) is 1.68. The molecule has 0 unspecified atom stereocenters. The Morgan fingerprint density at radius 2 is 1.86 bits per heavy atom. The number of aliphatic imine (C=N–C) groups is 1. The summed E-state index contributed by atoms with van der Waals surface area (Å²) in [5.41, 5.74) is 8.25. The van der Waals surface area contributed by atoms with Gasteiger partial charge in [0.15, 0.2) is 0 Å². The number of benzene rings is 1. The fourth-order valence-electron chi connectivity index (χ4n) is 1.86. The van der Waals surface area contributed by atoms with Crippen LogP contribution in [0.15, 0.2) is 47.7 Å². The summed E-state index contributed by atoms with van der Waals surface area (Å²) in [6.07, 6.45) is 3.40. The maximum Gasteiger partial charge on any atom is 0.222 e. The predicted molar refractivity (Wildman–Crippen MR) is 86.6 cm³/mol. The second kappa shape index (κ2) is 7.38. The van der Waals surface area contributed by atoms with Gasteiger partial charge in [-0.05, 0) is 17.5 Å². The molecule has 3 N–H and O–H groups in total. The van der Waals surface area contributed by atoms with Crippen molar-refractivity contribution in [1.29, 1.82) is 0 Å². The van der Waals surface area contributed by atoms with E-state index < -0.39 is 0 Å². The van der Waals surface area contributed by atoms with Crippen molar-refractivity contribution in [3.05, 3.63) is 53.9 Å². The zero-order chi connectivity index (χ0) is 15.1. The number of rotatable bonds is 6. The van der Waals surface area contributed by atoms with Crippen molar-refractivity contribution in [3.8, 4) is 0 Å². The molecule has 0 aliphatic rings. The summed E-state index contributed by atoms with van der Waals surface area (Å²) in [6, 6.07) is 10.0. The Balaban J connectivity index is 1.86. The van der Waals surface area contributed by atoms with E-state index in [1.807, 2.05) is 12.1 Å². The average molecular weight is 283 g/mol. The molecule has 2 aromatic rings. The molecule has 110 valence electrons. The molecule has 0 aliphatic carbocycles. The van der Waals surface area contributed by atoms with E-state index in [0.29, 0.717) is 30.8 Å². The Morgan fingerprint density at radius 1 is 1.19 bits per heavy atom.